The molecule has 1 fully saturated rings. The van der Waals surface area contributed by atoms with Gasteiger partial charge in [0.2, 0.25) is 5.91 Å². The number of carbonyl (C=O) groups excluding carboxylic acids is 2. The number of rotatable bonds is 5. The molecule has 7 nitrogen and oxygen atoms in total. The quantitative estimate of drug-likeness (QED) is 0.789. The van der Waals surface area contributed by atoms with E-state index in [9.17, 15) is 9.59 Å². The van der Waals surface area contributed by atoms with Crippen LogP contribution in [0.15, 0.2) is 42.5 Å². The van der Waals surface area contributed by atoms with Crippen LogP contribution >= 0.6 is 11.6 Å². The molecule has 0 aromatic heterocycles. The summed E-state index contributed by atoms with van der Waals surface area (Å²) in [5, 5.41) is 3.35. The van der Waals surface area contributed by atoms with E-state index in [2.05, 4.69) is 5.32 Å². The number of halogens is 1. The minimum Gasteiger partial charge on any atom is -0.496 e. The number of nitrogens with zero attached hydrogens (tertiary/aromatic N) is 1. The van der Waals surface area contributed by atoms with Crippen molar-refractivity contribution in [2.75, 3.05) is 26.8 Å². The van der Waals surface area contributed by atoms with Crippen LogP contribution in [0.2, 0.25) is 5.02 Å². The summed E-state index contributed by atoms with van der Waals surface area (Å²) in [4.78, 5) is 27.5. The average Bonchev–Trinajstić information content (AvgIpc) is 3.27. The predicted molar refractivity (Wildman–Crippen MR) is 111 cm³/mol. The predicted octanol–water partition coefficient (Wildman–Crippen LogP) is 2.91. The Kier molecular flexibility index (Phi) is 5.99. The van der Waals surface area contributed by atoms with Crippen molar-refractivity contribution in [1.29, 1.82) is 0 Å². The van der Waals surface area contributed by atoms with Gasteiger partial charge in [0.25, 0.3) is 5.91 Å². The summed E-state index contributed by atoms with van der Waals surface area (Å²) < 4.78 is 16.9. The van der Waals surface area contributed by atoms with E-state index in [0.717, 1.165) is 6.42 Å². The first-order chi connectivity index (χ1) is 14.6. The molecule has 158 valence electrons. The number of ether oxygens (including phenoxy) is 3. The lowest BCUT2D eigenvalue weighted by Crippen LogP contribution is -2.49. The maximum absolute atomic E-state index is 13.1. The fourth-order valence-corrected chi connectivity index (χ4v) is 3.95. The molecule has 0 aliphatic carbocycles. The van der Waals surface area contributed by atoms with Crippen molar-refractivity contribution in [3.8, 4) is 17.2 Å². The van der Waals surface area contributed by atoms with Gasteiger partial charge in [0.1, 0.15) is 24.5 Å². The number of benzene rings is 2. The minimum atomic E-state index is -0.544. The molecule has 1 N–H and O–H groups in total. The van der Waals surface area contributed by atoms with Crippen LogP contribution < -0.4 is 19.5 Å². The topological polar surface area (TPSA) is 77.1 Å². The molecule has 2 unspecified atom stereocenters. The summed E-state index contributed by atoms with van der Waals surface area (Å²) in [5.41, 5.74) is 0.352. The van der Waals surface area contributed by atoms with Crippen LogP contribution in [0.4, 0.5) is 0 Å². The second-order valence-corrected chi connectivity index (χ2v) is 7.68. The zero-order valence-electron chi connectivity index (χ0n) is 16.6. The number of fused-ring (bicyclic) bond motifs is 1. The van der Waals surface area contributed by atoms with E-state index >= 15 is 0 Å². The Labute approximate surface area is 179 Å². The van der Waals surface area contributed by atoms with E-state index in [4.69, 9.17) is 25.8 Å². The number of hydrogen-bond donors (Lipinski definition) is 1. The molecule has 2 amide bonds. The Morgan fingerprint density at radius 2 is 2.03 bits per heavy atom. The van der Waals surface area contributed by atoms with Gasteiger partial charge in [-0.3, -0.25) is 9.59 Å². The Morgan fingerprint density at radius 3 is 2.83 bits per heavy atom. The molecule has 2 aliphatic heterocycles. The number of hydrogen-bond acceptors (Lipinski definition) is 5. The molecule has 0 bridgehead atoms. The number of methoxy groups -OCH3 is 1. The zero-order chi connectivity index (χ0) is 21.1. The smallest absolute Gasteiger partial charge is 0.258 e. The molecular formula is C22H23ClN2O5. The Morgan fingerprint density at radius 1 is 1.23 bits per heavy atom. The Bertz CT molecular complexity index is 951. The van der Waals surface area contributed by atoms with Gasteiger partial charge in [-0.1, -0.05) is 23.7 Å². The maximum atomic E-state index is 13.1. The van der Waals surface area contributed by atoms with Gasteiger partial charge in [-0.15, -0.1) is 0 Å². The van der Waals surface area contributed by atoms with Gasteiger partial charge < -0.3 is 24.4 Å². The van der Waals surface area contributed by atoms with Gasteiger partial charge in [0, 0.05) is 11.6 Å². The van der Waals surface area contributed by atoms with Gasteiger partial charge in [-0.05, 0) is 43.2 Å². The van der Waals surface area contributed by atoms with Crippen molar-refractivity contribution in [2.45, 2.75) is 25.0 Å². The van der Waals surface area contributed by atoms with E-state index in [1.54, 1.807) is 23.1 Å². The van der Waals surface area contributed by atoms with E-state index < -0.39 is 6.04 Å². The van der Waals surface area contributed by atoms with Gasteiger partial charge in [-0.25, -0.2) is 0 Å². The molecule has 1 saturated heterocycles. The molecule has 8 heteroatoms. The van der Waals surface area contributed by atoms with Crippen LogP contribution in [0.1, 0.15) is 23.2 Å². The third kappa shape index (κ3) is 4.16. The second kappa shape index (κ2) is 8.83. The van der Waals surface area contributed by atoms with E-state index in [1.807, 2.05) is 24.3 Å². The Hall–Kier alpha value is -2.93. The molecule has 2 aromatic rings. The van der Waals surface area contributed by atoms with Crippen molar-refractivity contribution in [3.63, 3.8) is 0 Å². The summed E-state index contributed by atoms with van der Waals surface area (Å²) >= 11 is 6.06. The van der Waals surface area contributed by atoms with Crippen molar-refractivity contribution in [1.82, 2.24) is 10.2 Å². The first kappa shape index (κ1) is 20.3. The van der Waals surface area contributed by atoms with Crippen molar-refractivity contribution >= 4 is 23.4 Å². The number of para-hydroxylation sites is 2. The molecule has 2 atom stereocenters. The van der Waals surface area contributed by atoms with Gasteiger partial charge in [0.05, 0.1) is 19.2 Å². The fraction of sp³-hybridized carbons (Fsp3) is 0.364. The van der Waals surface area contributed by atoms with Crippen molar-refractivity contribution < 1.29 is 23.8 Å². The lowest BCUT2D eigenvalue weighted by Gasteiger charge is -2.28. The number of carbonyl (C=O) groups is 2. The van der Waals surface area contributed by atoms with E-state index in [0.29, 0.717) is 54.0 Å². The monoisotopic (exact) mass is 430 g/mol. The lowest BCUT2D eigenvalue weighted by molar-refractivity contribution is -0.125. The first-order valence-electron chi connectivity index (χ1n) is 9.87. The van der Waals surface area contributed by atoms with Crippen LogP contribution in [0, 0.1) is 0 Å². The van der Waals surface area contributed by atoms with Crippen LogP contribution in [0.5, 0.6) is 17.2 Å². The SMILES string of the molecule is COc1ccc(Cl)cc1C(=O)N1CCCC1C(=O)NCC1COc2ccccc2O1. The lowest BCUT2D eigenvalue weighted by atomic mass is 10.1. The third-order valence-corrected chi connectivity index (χ3v) is 5.51. The molecule has 30 heavy (non-hydrogen) atoms. The number of likely N-dealkylation sites (tertiary alicyclic amines) is 1. The molecule has 2 aromatic carbocycles. The van der Waals surface area contributed by atoms with Gasteiger partial charge >= 0.3 is 0 Å². The number of amides is 2. The molecule has 0 saturated carbocycles. The zero-order valence-corrected chi connectivity index (χ0v) is 17.4. The van der Waals surface area contributed by atoms with Crippen molar-refractivity contribution in [3.05, 3.63) is 53.1 Å². The second-order valence-electron chi connectivity index (χ2n) is 7.24. The molecule has 2 aliphatic rings. The summed E-state index contributed by atoms with van der Waals surface area (Å²) in [6.45, 7) is 1.15. The highest BCUT2D eigenvalue weighted by Crippen LogP contribution is 2.31. The molecule has 0 spiro atoms. The summed E-state index contributed by atoms with van der Waals surface area (Å²) in [6.07, 6.45) is 1.07. The summed E-state index contributed by atoms with van der Waals surface area (Å²) in [5.74, 6) is 1.32. The van der Waals surface area contributed by atoms with Gasteiger partial charge in [0.15, 0.2) is 11.5 Å². The van der Waals surface area contributed by atoms with Crippen molar-refractivity contribution in [2.24, 2.45) is 0 Å². The normalized spacial score (nSPS) is 20.0. The highest BCUT2D eigenvalue weighted by molar-refractivity contribution is 6.31. The highest BCUT2D eigenvalue weighted by atomic mass is 35.5. The molecule has 2 heterocycles. The van der Waals surface area contributed by atoms with Gasteiger partial charge in [-0.2, -0.15) is 0 Å². The summed E-state index contributed by atoms with van der Waals surface area (Å²) in [7, 11) is 1.50. The molecular weight excluding hydrogens is 408 g/mol. The average molecular weight is 431 g/mol. The molecule has 0 radical (unpaired) electrons. The van der Waals surface area contributed by atoms with E-state index in [1.165, 1.54) is 7.11 Å². The third-order valence-electron chi connectivity index (χ3n) is 5.28. The summed E-state index contributed by atoms with van der Waals surface area (Å²) in [6, 6.07) is 11.8. The maximum Gasteiger partial charge on any atom is 0.258 e. The van der Waals surface area contributed by atoms with Crippen LogP contribution in [-0.4, -0.2) is 55.7 Å². The molecule has 4 rings (SSSR count). The van der Waals surface area contributed by atoms with Crippen LogP contribution in [-0.2, 0) is 4.79 Å². The fourth-order valence-electron chi connectivity index (χ4n) is 3.78. The first-order valence-corrected chi connectivity index (χ1v) is 10.3. The standard InChI is InChI=1S/C22H23ClN2O5/c1-28-18-9-8-14(23)11-16(18)22(27)25-10-4-5-17(25)21(26)24-12-15-13-29-19-6-2-3-7-20(19)30-15/h2-3,6-9,11,15,17H,4-5,10,12-13H2,1H3,(H,24,26). The minimum absolute atomic E-state index is 0.204. The largest absolute Gasteiger partial charge is 0.496 e. The van der Waals surface area contributed by atoms with Crippen LogP contribution in [0.25, 0.3) is 0 Å². The van der Waals surface area contributed by atoms with E-state index in [-0.39, 0.29) is 17.9 Å². The van der Waals surface area contributed by atoms with Crippen LogP contribution in [0.3, 0.4) is 0 Å². The number of nitrogens with one attached hydrogen (secondary N) is 1. The Balaban J connectivity index is 1.39. The highest BCUT2D eigenvalue weighted by Gasteiger charge is 2.36.